The molecule has 22 heavy (non-hydrogen) atoms. The van der Waals surface area contributed by atoms with Gasteiger partial charge < -0.3 is 18.9 Å². The van der Waals surface area contributed by atoms with E-state index in [1.165, 1.54) is 0 Å². The molecule has 0 aromatic heterocycles. The molecule has 2 rings (SSSR count). The fourth-order valence-corrected chi connectivity index (χ4v) is 2.25. The summed E-state index contributed by atoms with van der Waals surface area (Å²) < 4.78 is 21.6. The van der Waals surface area contributed by atoms with Crippen molar-refractivity contribution in [2.45, 2.75) is 0 Å². The normalized spacial score (nSPS) is 10.5. The zero-order valence-electron chi connectivity index (χ0n) is 13.3. The maximum absolute atomic E-state index is 5.40. The van der Waals surface area contributed by atoms with Crippen molar-refractivity contribution in [3.05, 3.63) is 47.5 Å². The van der Waals surface area contributed by atoms with Crippen LogP contribution in [0.5, 0.6) is 23.0 Å². The van der Waals surface area contributed by atoms with Crippen LogP contribution >= 0.6 is 0 Å². The van der Waals surface area contributed by atoms with E-state index in [-0.39, 0.29) is 0 Å². The van der Waals surface area contributed by atoms with Gasteiger partial charge >= 0.3 is 0 Å². The van der Waals surface area contributed by atoms with E-state index in [0.717, 1.165) is 34.1 Å². The summed E-state index contributed by atoms with van der Waals surface area (Å²) in [7, 11) is 6.54. The third kappa shape index (κ3) is 3.17. The van der Waals surface area contributed by atoms with Crippen molar-refractivity contribution < 1.29 is 18.9 Å². The Labute approximate surface area is 130 Å². The summed E-state index contributed by atoms with van der Waals surface area (Å²) in [6, 6.07) is 11.3. The second-order valence-electron chi connectivity index (χ2n) is 4.49. The molecule has 0 saturated heterocycles. The quantitative estimate of drug-likeness (QED) is 0.758. The Bertz CT molecular complexity index is 560. The number of benzene rings is 2. The van der Waals surface area contributed by atoms with Crippen molar-refractivity contribution in [1.82, 2.24) is 0 Å². The fourth-order valence-electron chi connectivity index (χ4n) is 2.25. The number of methoxy groups -OCH3 is 4. The molecule has 0 fully saturated rings. The Morgan fingerprint density at radius 1 is 0.545 bits per heavy atom. The first-order chi connectivity index (χ1) is 10.7. The van der Waals surface area contributed by atoms with Gasteiger partial charge in [0.05, 0.1) is 39.6 Å². The van der Waals surface area contributed by atoms with Crippen LogP contribution in [0.3, 0.4) is 0 Å². The molecule has 4 nitrogen and oxygen atoms in total. The summed E-state index contributed by atoms with van der Waals surface area (Å²) in [6.45, 7) is 0. The lowest BCUT2D eigenvalue weighted by molar-refractivity contribution is 0.391. The summed E-state index contributed by atoms with van der Waals surface area (Å²) in [6.07, 6.45) is 3.86. The minimum atomic E-state index is 0.740. The number of hydrogen-bond donors (Lipinski definition) is 0. The molecule has 0 heterocycles. The number of rotatable bonds is 6. The highest BCUT2D eigenvalue weighted by molar-refractivity contribution is 5.80. The molecule has 0 atom stereocenters. The van der Waals surface area contributed by atoms with Crippen LogP contribution < -0.4 is 18.9 Å². The second-order valence-corrected chi connectivity index (χ2v) is 4.49. The molecule has 0 spiro atoms. The van der Waals surface area contributed by atoms with E-state index in [0.29, 0.717) is 0 Å². The van der Waals surface area contributed by atoms with Gasteiger partial charge in [0.15, 0.2) is 0 Å². The smallest absolute Gasteiger partial charge is 0.129 e. The summed E-state index contributed by atoms with van der Waals surface area (Å²) in [4.78, 5) is 0. The molecule has 0 bridgehead atoms. The molecule has 0 N–H and O–H groups in total. The molecule has 0 aliphatic heterocycles. The first-order valence-electron chi connectivity index (χ1n) is 6.85. The Hall–Kier alpha value is -2.62. The third-order valence-electron chi connectivity index (χ3n) is 3.35. The van der Waals surface area contributed by atoms with E-state index >= 15 is 0 Å². The van der Waals surface area contributed by atoms with Gasteiger partial charge in [-0.1, -0.05) is 12.1 Å². The number of hydrogen-bond acceptors (Lipinski definition) is 4. The van der Waals surface area contributed by atoms with Crippen LogP contribution in [0.25, 0.3) is 12.2 Å². The zero-order chi connectivity index (χ0) is 15.9. The largest absolute Gasteiger partial charge is 0.496 e. The highest BCUT2D eigenvalue weighted by Gasteiger charge is 2.09. The van der Waals surface area contributed by atoms with E-state index in [2.05, 4.69) is 0 Å². The van der Waals surface area contributed by atoms with E-state index in [1.54, 1.807) is 28.4 Å². The predicted octanol–water partition coefficient (Wildman–Crippen LogP) is 3.89. The minimum absolute atomic E-state index is 0.740. The van der Waals surface area contributed by atoms with E-state index in [9.17, 15) is 0 Å². The second kappa shape index (κ2) is 7.41. The standard InChI is InChI=1S/C18H20O4/c1-19-15-7-5-8-16(20-2)13(15)11-12-14-17(21-3)9-6-10-18(14)22-4/h5-12H,1-4H3/b12-11+. The van der Waals surface area contributed by atoms with Gasteiger partial charge in [0, 0.05) is 0 Å². The summed E-state index contributed by atoms with van der Waals surface area (Å²) in [5, 5.41) is 0. The average Bonchev–Trinajstić information content (AvgIpc) is 2.58. The molecular formula is C18H20O4. The Morgan fingerprint density at radius 2 is 0.818 bits per heavy atom. The average molecular weight is 300 g/mol. The van der Waals surface area contributed by atoms with Gasteiger partial charge in [-0.2, -0.15) is 0 Å². The Balaban J connectivity index is 2.49. The molecule has 116 valence electrons. The van der Waals surface area contributed by atoms with E-state index in [4.69, 9.17) is 18.9 Å². The first-order valence-corrected chi connectivity index (χ1v) is 6.85. The summed E-state index contributed by atoms with van der Waals surface area (Å²) >= 11 is 0. The fraction of sp³-hybridized carbons (Fsp3) is 0.222. The minimum Gasteiger partial charge on any atom is -0.496 e. The topological polar surface area (TPSA) is 36.9 Å². The Morgan fingerprint density at radius 3 is 1.05 bits per heavy atom. The van der Waals surface area contributed by atoms with Gasteiger partial charge in [0.2, 0.25) is 0 Å². The van der Waals surface area contributed by atoms with Crippen LogP contribution in [-0.4, -0.2) is 28.4 Å². The van der Waals surface area contributed by atoms with Gasteiger partial charge in [-0.25, -0.2) is 0 Å². The van der Waals surface area contributed by atoms with Gasteiger partial charge in [-0.15, -0.1) is 0 Å². The van der Waals surface area contributed by atoms with Gasteiger partial charge in [0.1, 0.15) is 23.0 Å². The van der Waals surface area contributed by atoms with Crippen molar-refractivity contribution in [2.24, 2.45) is 0 Å². The van der Waals surface area contributed by atoms with E-state index in [1.807, 2.05) is 48.6 Å². The van der Waals surface area contributed by atoms with Crippen LogP contribution in [0.1, 0.15) is 11.1 Å². The van der Waals surface area contributed by atoms with Gasteiger partial charge in [-0.05, 0) is 36.4 Å². The lowest BCUT2D eigenvalue weighted by Crippen LogP contribution is -1.93. The van der Waals surface area contributed by atoms with Gasteiger partial charge in [-0.3, -0.25) is 0 Å². The molecular weight excluding hydrogens is 280 g/mol. The third-order valence-corrected chi connectivity index (χ3v) is 3.35. The summed E-state index contributed by atoms with van der Waals surface area (Å²) in [5.74, 6) is 2.96. The van der Waals surface area contributed by atoms with E-state index < -0.39 is 0 Å². The maximum atomic E-state index is 5.40. The van der Waals surface area contributed by atoms with Crippen LogP contribution in [-0.2, 0) is 0 Å². The van der Waals surface area contributed by atoms with Crippen LogP contribution in [0.15, 0.2) is 36.4 Å². The molecule has 0 amide bonds. The first kappa shape index (κ1) is 15.8. The molecule has 2 aromatic carbocycles. The zero-order valence-corrected chi connectivity index (χ0v) is 13.3. The van der Waals surface area contributed by atoms with Crippen molar-refractivity contribution in [1.29, 1.82) is 0 Å². The summed E-state index contributed by atoms with van der Waals surface area (Å²) in [5.41, 5.74) is 1.72. The molecule has 4 heteroatoms. The van der Waals surface area contributed by atoms with Crippen molar-refractivity contribution in [3.63, 3.8) is 0 Å². The maximum Gasteiger partial charge on any atom is 0.129 e. The van der Waals surface area contributed by atoms with Gasteiger partial charge in [0.25, 0.3) is 0 Å². The predicted molar refractivity (Wildman–Crippen MR) is 88.0 cm³/mol. The monoisotopic (exact) mass is 300 g/mol. The van der Waals surface area contributed by atoms with Crippen LogP contribution in [0, 0.1) is 0 Å². The SMILES string of the molecule is COc1cccc(OC)c1/C=C/c1c(OC)cccc1OC. The molecule has 0 saturated carbocycles. The van der Waals surface area contributed by atoms with Crippen LogP contribution in [0.2, 0.25) is 0 Å². The molecule has 0 aliphatic carbocycles. The molecule has 2 aromatic rings. The van der Waals surface area contributed by atoms with Crippen molar-refractivity contribution >= 4 is 12.2 Å². The molecule has 0 aliphatic rings. The van der Waals surface area contributed by atoms with Crippen molar-refractivity contribution in [3.8, 4) is 23.0 Å². The molecule has 0 unspecified atom stereocenters. The highest BCUT2D eigenvalue weighted by atomic mass is 16.5. The number of ether oxygens (including phenoxy) is 4. The van der Waals surface area contributed by atoms with Crippen molar-refractivity contribution in [2.75, 3.05) is 28.4 Å². The lowest BCUT2D eigenvalue weighted by atomic mass is 10.1. The van der Waals surface area contributed by atoms with Crippen LogP contribution in [0.4, 0.5) is 0 Å². The lowest BCUT2D eigenvalue weighted by Gasteiger charge is -2.11. The molecule has 0 radical (unpaired) electrons. The highest BCUT2D eigenvalue weighted by Crippen LogP contribution is 2.34. The Kier molecular flexibility index (Phi) is 5.31.